The summed E-state index contributed by atoms with van der Waals surface area (Å²) in [6.07, 6.45) is 0.718. The molecular formula is C9H20ClN3O. The van der Waals surface area contributed by atoms with Gasteiger partial charge in [0.2, 0.25) is 5.91 Å². The van der Waals surface area contributed by atoms with Gasteiger partial charge in [-0.05, 0) is 13.3 Å². The molecule has 1 rings (SSSR count). The number of carbonyl (C=O) groups excluding carboxylic acids is 1. The van der Waals surface area contributed by atoms with E-state index in [1.807, 2.05) is 18.7 Å². The van der Waals surface area contributed by atoms with Crippen molar-refractivity contribution in [2.45, 2.75) is 32.4 Å². The van der Waals surface area contributed by atoms with Crippen LogP contribution in [0.2, 0.25) is 0 Å². The largest absolute Gasteiger partial charge is 0.336 e. The van der Waals surface area contributed by atoms with Gasteiger partial charge in [0.1, 0.15) is 0 Å². The molecule has 0 bridgehead atoms. The lowest BCUT2D eigenvalue weighted by Gasteiger charge is -2.35. The molecule has 1 amide bonds. The van der Waals surface area contributed by atoms with E-state index < -0.39 is 0 Å². The third-order valence-corrected chi connectivity index (χ3v) is 2.54. The molecule has 5 heteroatoms. The van der Waals surface area contributed by atoms with Crippen LogP contribution in [0.5, 0.6) is 0 Å². The highest BCUT2D eigenvalue weighted by Crippen LogP contribution is 2.05. The van der Waals surface area contributed by atoms with Gasteiger partial charge in [0.25, 0.3) is 0 Å². The Morgan fingerprint density at radius 3 is 2.86 bits per heavy atom. The molecule has 1 fully saturated rings. The first kappa shape index (κ1) is 13.7. The van der Waals surface area contributed by atoms with Crippen molar-refractivity contribution < 1.29 is 4.79 Å². The summed E-state index contributed by atoms with van der Waals surface area (Å²) < 4.78 is 0. The Hall–Kier alpha value is -0.320. The fraction of sp³-hybridized carbons (Fsp3) is 0.889. The molecule has 0 aromatic heterocycles. The molecule has 0 aliphatic carbocycles. The van der Waals surface area contributed by atoms with Crippen LogP contribution in [0.1, 0.15) is 20.3 Å². The number of halogens is 1. The molecule has 0 radical (unpaired) electrons. The molecule has 1 saturated heterocycles. The van der Waals surface area contributed by atoms with E-state index >= 15 is 0 Å². The van der Waals surface area contributed by atoms with Crippen molar-refractivity contribution in [2.75, 3.05) is 19.6 Å². The number of nitrogens with zero attached hydrogens (tertiary/aromatic N) is 1. The lowest BCUT2D eigenvalue weighted by atomic mass is 10.1. The predicted octanol–water partition coefficient (Wildman–Crippen LogP) is -0.0342. The predicted molar refractivity (Wildman–Crippen MR) is 59.6 cm³/mol. The minimum atomic E-state index is -0.319. The third kappa shape index (κ3) is 3.12. The normalized spacial score (nSPS) is 23.9. The quantitative estimate of drug-likeness (QED) is 0.689. The van der Waals surface area contributed by atoms with Crippen molar-refractivity contribution in [1.82, 2.24) is 10.2 Å². The van der Waals surface area contributed by atoms with Crippen LogP contribution >= 0.6 is 12.4 Å². The first-order chi connectivity index (χ1) is 6.16. The monoisotopic (exact) mass is 221 g/mol. The Morgan fingerprint density at radius 2 is 2.36 bits per heavy atom. The minimum absolute atomic E-state index is 0. The van der Waals surface area contributed by atoms with Crippen molar-refractivity contribution in [2.24, 2.45) is 5.73 Å². The van der Waals surface area contributed by atoms with Gasteiger partial charge in [0.05, 0.1) is 6.04 Å². The van der Waals surface area contributed by atoms with Gasteiger partial charge in [0.15, 0.2) is 0 Å². The van der Waals surface area contributed by atoms with Crippen molar-refractivity contribution >= 4 is 18.3 Å². The average molecular weight is 222 g/mol. The molecule has 14 heavy (non-hydrogen) atoms. The van der Waals surface area contributed by atoms with E-state index in [2.05, 4.69) is 5.32 Å². The first-order valence-electron chi connectivity index (χ1n) is 4.93. The molecule has 0 saturated carbocycles. The fourth-order valence-electron chi connectivity index (χ4n) is 1.56. The summed E-state index contributed by atoms with van der Waals surface area (Å²) in [7, 11) is 0. The summed E-state index contributed by atoms with van der Waals surface area (Å²) in [5.41, 5.74) is 5.70. The van der Waals surface area contributed by atoms with E-state index in [0.29, 0.717) is 0 Å². The van der Waals surface area contributed by atoms with Gasteiger partial charge in [0, 0.05) is 25.7 Å². The molecule has 0 spiro atoms. The maximum absolute atomic E-state index is 11.7. The zero-order chi connectivity index (χ0) is 9.84. The van der Waals surface area contributed by atoms with Gasteiger partial charge in [-0.1, -0.05) is 6.92 Å². The Morgan fingerprint density at radius 1 is 1.71 bits per heavy atom. The van der Waals surface area contributed by atoms with Crippen molar-refractivity contribution in [3.8, 4) is 0 Å². The Balaban J connectivity index is 0.00000169. The van der Waals surface area contributed by atoms with Gasteiger partial charge in [-0.3, -0.25) is 4.79 Å². The Bertz CT molecular complexity index is 189. The van der Waals surface area contributed by atoms with E-state index in [1.165, 1.54) is 0 Å². The van der Waals surface area contributed by atoms with Crippen LogP contribution in [-0.4, -0.2) is 42.5 Å². The molecule has 3 N–H and O–H groups in total. The maximum Gasteiger partial charge on any atom is 0.239 e. The Kier molecular flexibility index (Phi) is 6.08. The van der Waals surface area contributed by atoms with Crippen molar-refractivity contribution in [1.29, 1.82) is 0 Å². The fourth-order valence-corrected chi connectivity index (χ4v) is 1.56. The molecule has 0 unspecified atom stereocenters. The van der Waals surface area contributed by atoms with Gasteiger partial charge >= 0.3 is 0 Å². The standard InChI is InChI=1S/C9H19N3O.ClH/c1-3-8(10)9(13)12-5-4-11-6-7(12)2;/h7-8,11H,3-6,10H2,1-2H3;1H/t7-,8-;/m0./s1. The average Bonchev–Trinajstić information content (AvgIpc) is 2.16. The van der Waals surface area contributed by atoms with Crippen LogP contribution in [0.15, 0.2) is 0 Å². The molecular weight excluding hydrogens is 202 g/mol. The number of nitrogens with two attached hydrogens (primary N) is 1. The van der Waals surface area contributed by atoms with Crippen LogP contribution in [0.4, 0.5) is 0 Å². The SMILES string of the molecule is CC[C@H](N)C(=O)N1CCNC[C@@H]1C.Cl. The highest BCUT2D eigenvalue weighted by molar-refractivity contribution is 5.85. The topological polar surface area (TPSA) is 58.4 Å². The van der Waals surface area contributed by atoms with E-state index in [9.17, 15) is 4.79 Å². The van der Waals surface area contributed by atoms with Crippen LogP contribution in [-0.2, 0) is 4.79 Å². The minimum Gasteiger partial charge on any atom is -0.336 e. The zero-order valence-electron chi connectivity index (χ0n) is 8.82. The number of piperazine rings is 1. The number of amides is 1. The summed E-state index contributed by atoms with van der Waals surface area (Å²) in [6.45, 7) is 6.53. The highest BCUT2D eigenvalue weighted by Gasteiger charge is 2.25. The number of hydrogen-bond donors (Lipinski definition) is 2. The lowest BCUT2D eigenvalue weighted by Crippen LogP contribution is -2.56. The second-order valence-electron chi connectivity index (χ2n) is 3.60. The molecule has 84 valence electrons. The summed E-state index contributed by atoms with van der Waals surface area (Å²) in [4.78, 5) is 13.6. The van der Waals surface area contributed by atoms with E-state index in [1.54, 1.807) is 0 Å². The van der Waals surface area contributed by atoms with Gasteiger partial charge in [-0.2, -0.15) is 0 Å². The summed E-state index contributed by atoms with van der Waals surface area (Å²) in [5, 5.41) is 3.24. The number of hydrogen-bond acceptors (Lipinski definition) is 3. The van der Waals surface area contributed by atoms with Crippen LogP contribution in [0.25, 0.3) is 0 Å². The highest BCUT2D eigenvalue weighted by atomic mass is 35.5. The van der Waals surface area contributed by atoms with Gasteiger partial charge < -0.3 is 16.0 Å². The summed E-state index contributed by atoms with van der Waals surface area (Å²) in [6, 6.07) is -0.0422. The van der Waals surface area contributed by atoms with Crippen LogP contribution in [0, 0.1) is 0 Å². The maximum atomic E-state index is 11.7. The van der Waals surface area contributed by atoms with Crippen LogP contribution in [0.3, 0.4) is 0 Å². The summed E-state index contributed by atoms with van der Waals surface area (Å²) in [5.74, 6) is 0.0940. The molecule has 1 aliphatic heterocycles. The second kappa shape index (κ2) is 6.22. The van der Waals surface area contributed by atoms with Gasteiger partial charge in [-0.15, -0.1) is 12.4 Å². The molecule has 2 atom stereocenters. The molecule has 0 aromatic carbocycles. The van der Waals surface area contributed by atoms with E-state index in [0.717, 1.165) is 26.1 Å². The molecule has 4 nitrogen and oxygen atoms in total. The third-order valence-electron chi connectivity index (χ3n) is 2.54. The first-order valence-corrected chi connectivity index (χ1v) is 4.93. The Labute approximate surface area is 91.6 Å². The number of rotatable bonds is 2. The van der Waals surface area contributed by atoms with Gasteiger partial charge in [-0.25, -0.2) is 0 Å². The smallest absolute Gasteiger partial charge is 0.239 e. The summed E-state index contributed by atoms with van der Waals surface area (Å²) >= 11 is 0. The van der Waals surface area contributed by atoms with Crippen molar-refractivity contribution in [3.63, 3.8) is 0 Å². The van der Waals surface area contributed by atoms with Crippen molar-refractivity contribution in [3.05, 3.63) is 0 Å². The lowest BCUT2D eigenvalue weighted by molar-refractivity contribution is -0.135. The van der Waals surface area contributed by atoms with Crippen LogP contribution < -0.4 is 11.1 Å². The number of nitrogens with one attached hydrogen (secondary N) is 1. The molecule has 0 aromatic rings. The second-order valence-corrected chi connectivity index (χ2v) is 3.60. The van der Waals surface area contributed by atoms with E-state index in [4.69, 9.17) is 5.73 Å². The zero-order valence-corrected chi connectivity index (χ0v) is 9.64. The number of carbonyl (C=O) groups is 1. The molecule has 1 heterocycles. The molecule has 1 aliphatic rings. The van der Waals surface area contributed by atoms with E-state index in [-0.39, 0.29) is 30.4 Å².